The molecule has 2 N–H and O–H groups in total. The van der Waals surface area contributed by atoms with E-state index in [9.17, 15) is 39.9 Å². The summed E-state index contributed by atoms with van der Waals surface area (Å²) in [5.74, 6) is -7.58. The normalized spacial score (nSPS) is 13.3. The van der Waals surface area contributed by atoms with Gasteiger partial charge in [0.25, 0.3) is 0 Å². The van der Waals surface area contributed by atoms with Crippen molar-refractivity contribution in [2.24, 2.45) is 0 Å². The molecule has 0 aliphatic rings. The first-order chi connectivity index (χ1) is 9.37. The molecule has 1 heterocycles. The highest BCUT2D eigenvalue weighted by atomic mass is 19.4. The van der Waals surface area contributed by atoms with E-state index < -0.39 is 48.5 Å². The zero-order chi connectivity index (χ0) is 16.5. The van der Waals surface area contributed by atoms with Gasteiger partial charge in [-0.25, -0.2) is 4.98 Å². The van der Waals surface area contributed by atoms with E-state index in [1.165, 1.54) is 5.32 Å². The maximum atomic E-state index is 13.1. The Labute approximate surface area is 111 Å². The van der Waals surface area contributed by atoms with Gasteiger partial charge in [0.2, 0.25) is 0 Å². The highest BCUT2D eigenvalue weighted by Crippen LogP contribution is 2.43. The monoisotopic (exact) mass is 325 g/mol. The third-order valence-corrected chi connectivity index (χ3v) is 2.29. The lowest BCUT2D eigenvalue weighted by molar-refractivity contribution is -0.291. The van der Waals surface area contributed by atoms with Gasteiger partial charge in [-0.05, 0) is 0 Å². The number of amides is 1. The number of alkyl halides is 8. The van der Waals surface area contributed by atoms with Crippen LogP contribution in [-0.2, 0) is 17.1 Å². The van der Waals surface area contributed by atoms with Crippen LogP contribution in [0.1, 0.15) is 11.4 Å². The molecular formula is C9H7F8N3O. The van der Waals surface area contributed by atoms with E-state index in [4.69, 9.17) is 0 Å². The summed E-state index contributed by atoms with van der Waals surface area (Å²) in [5.41, 5.74) is -2.36. The standard InChI is InChI=1S/C9H7F8N3O/c10-7(11,9(15,16)17)5-4(19-3-20-5)1-2-18-6(21)8(12,13)14/h3H,1-2H2,(H,18,21)(H,19,20). The Morgan fingerprint density at radius 2 is 1.71 bits per heavy atom. The molecule has 0 fully saturated rings. The van der Waals surface area contributed by atoms with Gasteiger partial charge in [-0.15, -0.1) is 0 Å². The van der Waals surface area contributed by atoms with Crippen molar-refractivity contribution in [3.8, 4) is 0 Å². The first-order valence-corrected chi connectivity index (χ1v) is 5.19. The van der Waals surface area contributed by atoms with E-state index in [-0.39, 0.29) is 0 Å². The Morgan fingerprint density at radius 1 is 1.14 bits per heavy atom. The topological polar surface area (TPSA) is 57.8 Å². The fourth-order valence-electron chi connectivity index (χ4n) is 1.32. The lowest BCUT2D eigenvalue weighted by Gasteiger charge is -2.18. The van der Waals surface area contributed by atoms with Crippen molar-refractivity contribution in [3.63, 3.8) is 0 Å². The van der Waals surface area contributed by atoms with Crippen LogP contribution in [-0.4, -0.2) is 34.8 Å². The smallest absolute Gasteiger partial charge is 0.348 e. The molecule has 1 aromatic rings. The van der Waals surface area contributed by atoms with Crippen molar-refractivity contribution in [3.05, 3.63) is 17.7 Å². The molecule has 0 atom stereocenters. The molecule has 1 rings (SSSR count). The fraction of sp³-hybridized carbons (Fsp3) is 0.556. The highest BCUT2D eigenvalue weighted by Gasteiger charge is 2.61. The molecule has 0 radical (unpaired) electrons. The van der Waals surface area contributed by atoms with Crippen molar-refractivity contribution in [2.75, 3.05) is 6.54 Å². The summed E-state index contributed by atoms with van der Waals surface area (Å²) in [7, 11) is 0. The van der Waals surface area contributed by atoms with Gasteiger partial charge in [0, 0.05) is 18.7 Å². The second-order valence-corrected chi connectivity index (χ2v) is 3.81. The van der Waals surface area contributed by atoms with E-state index in [0.29, 0.717) is 6.33 Å². The number of halogens is 8. The van der Waals surface area contributed by atoms with Crippen LogP contribution in [0.3, 0.4) is 0 Å². The van der Waals surface area contributed by atoms with Crippen molar-refractivity contribution in [1.82, 2.24) is 15.3 Å². The molecule has 0 unspecified atom stereocenters. The molecule has 0 aliphatic heterocycles. The number of hydrogen-bond acceptors (Lipinski definition) is 2. The number of nitrogens with zero attached hydrogens (tertiary/aromatic N) is 1. The van der Waals surface area contributed by atoms with E-state index >= 15 is 0 Å². The van der Waals surface area contributed by atoms with Crippen LogP contribution < -0.4 is 5.32 Å². The van der Waals surface area contributed by atoms with Crippen LogP contribution in [0.25, 0.3) is 0 Å². The molecular weight excluding hydrogens is 318 g/mol. The minimum absolute atomic E-state index is 0.551. The number of imidazole rings is 1. The molecule has 0 saturated carbocycles. The number of H-pyrrole nitrogens is 1. The summed E-state index contributed by atoms with van der Waals surface area (Å²) in [4.78, 5) is 15.3. The molecule has 0 aromatic carbocycles. The number of aromatic nitrogens is 2. The third-order valence-electron chi connectivity index (χ3n) is 2.29. The average molecular weight is 325 g/mol. The van der Waals surface area contributed by atoms with Crippen molar-refractivity contribution >= 4 is 5.91 Å². The van der Waals surface area contributed by atoms with Crippen LogP contribution in [0.15, 0.2) is 6.33 Å². The second kappa shape index (κ2) is 5.48. The lowest BCUT2D eigenvalue weighted by atomic mass is 10.1. The zero-order valence-electron chi connectivity index (χ0n) is 9.87. The van der Waals surface area contributed by atoms with E-state index in [2.05, 4.69) is 4.98 Å². The number of hydrogen-bond donors (Lipinski definition) is 2. The number of carbonyl (C=O) groups excluding carboxylic acids is 1. The minimum atomic E-state index is -5.90. The average Bonchev–Trinajstić information content (AvgIpc) is 2.74. The lowest BCUT2D eigenvalue weighted by Crippen LogP contribution is -2.38. The quantitative estimate of drug-likeness (QED) is 0.835. The highest BCUT2D eigenvalue weighted by molar-refractivity contribution is 5.81. The predicted octanol–water partition coefficient (Wildman–Crippen LogP) is 2.28. The van der Waals surface area contributed by atoms with Crippen LogP contribution in [0.2, 0.25) is 0 Å². The van der Waals surface area contributed by atoms with Gasteiger partial charge < -0.3 is 10.3 Å². The van der Waals surface area contributed by atoms with Crippen LogP contribution in [0.5, 0.6) is 0 Å². The van der Waals surface area contributed by atoms with Crippen molar-refractivity contribution in [2.45, 2.75) is 24.7 Å². The molecule has 0 saturated heterocycles. The summed E-state index contributed by atoms with van der Waals surface area (Å²) in [6, 6.07) is 0. The van der Waals surface area contributed by atoms with E-state index in [1.54, 1.807) is 0 Å². The van der Waals surface area contributed by atoms with Gasteiger partial charge in [-0.2, -0.15) is 35.1 Å². The van der Waals surface area contributed by atoms with E-state index in [1.807, 2.05) is 4.98 Å². The summed E-state index contributed by atoms with van der Waals surface area (Å²) in [5, 5.41) is 1.34. The molecule has 0 aliphatic carbocycles. The maximum absolute atomic E-state index is 13.1. The summed E-state index contributed by atoms with van der Waals surface area (Å²) >= 11 is 0. The number of rotatable bonds is 4. The molecule has 120 valence electrons. The summed E-state index contributed by atoms with van der Waals surface area (Å²) < 4.78 is 98.1. The van der Waals surface area contributed by atoms with Gasteiger partial charge in [0.1, 0.15) is 5.69 Å². The Hall–Kier alpha value is -1.88. The van der Waals surface area contributed by atoms with Gasteiger partial charge in [0.05, 0.1) is 6.33 Å². The third kappa shape index (κ3) is 3.82. The maximum Gasteiger partial charge on any atom is 0.471 e. The Morgan fingerprint density at radius 3 is 2.19 bits per heavy atom. The SMILES string of the molecule is O=C(NCCc1[nH]cnc1C(F)(F)C(F)(F)F)C(F)(F)F. The Bertz CT molecular complexity index is 504. The molecule has 1 aromatic heterocycles. The number of carbonyl (C=O) groups is 1. The molecule has 0 bridgehead atoms. The second-order valence-electron chi connectivity index (χ2n) is 3.81. The van der Waals surface area contributed by atoms with Crippen molar-refractivity contribution < 1.29 is 39.9 Å². The summed E-state index contributed by atoms with van der Waals surface area (Å²) in [6.45, 7) is -0.790. The van der Waals surface area contributed by atoms with Crippen molar-refractivity contribution in [1.29, 1.82) is 0 Å². The first-order valence-electron chi connectivity index (χ1n) is 5.19. The van der Waals surface area contributed by atoms with Gasteiger partial charge in [-0.3, -0.25) is 4.79 Å². The molecule has 4 nitrogen and oxygen atoms in total. The van der Waals surface area contributed by atoms with E-state index in [0.717, 1.165) is 0 Å². The predicted molar refractivity (Wildman–Crippen MR) is 51.3 cm³/mol. The van der Waals surface area contributed by atoms with Crippen LogP contribution >= 0.6 is 0 Å². The first kappa shape index (κ1) is 17.2. The Balaban J connectivity index is 2.76. The fourth-order valence-corrected chi connectivity index (χ4v) is 1.32. The zero-order valence-corrected chi connectivity index (χ0v) is 9.87. The molecule has 12 heteroatoms. The van der Waals surface area contributed by atoms with Gasteiger partial charge in [-0.1, -0.05) is 0 Å². The molecule has 1 amide bonds. The molecule has 0 spiro atoms. The number of nitrogens with one attached hydrogen (secondary N) is 2. The number of aromatic amines is 1. The van der Waals surface area contributed by atoms with Crippen LogP contribution in [0, 0.1) is 0 Å². The van der Waals surface area contributed by atoms with Gasteiger partial charge in [0.15, 0.2) is 0 Å². The Kier molecular flexibility index (Phi) is 4.48. The largest absolute Gasteiger partial charge is 0.471 e. The van der Waals surface area contributed by atoms with Crippen LogP contribution in [0.4, 0.5) is 35.1 Å². The van der Waals surface area contributed by atoms with Gasteiger partial charge >= 0.3 is 24.2 Å². The minimum Gasteiger partial charge on any atom is -0.348 e. The molecule has 21 heavy (non-hydrogen) atoms. The summed E-state index contributed by atoms with van der Waals surface area (Å²) in [6.07, 6.45) is -11.2.